The standard InChI is InChI=1S/C16H15ClN2O2/c1-10-7-16(2,21-15(10)20)14-5-4-12(17)6-13(14)11-8-18-19(3)9-11/h4-6,8-9H,1,7H2,2-3H3. The highest BCUT2D eigenvalue weighted by Crippen LogP contribution is 2.43. The van der Waals surface area contributed by atoms with Crippen LogP contribution in [0.5, 0.6) is 0 Å². The summed E-state index contributed by atoms with van der Waals surface area (Å²) in [6.07, 6.45) is 4.15. The Bertz CT molecular complexity index is 732. The molecule has 1 aromatic carbocycles. The van der Waals surface area contributed by atoms with Crippen molar-refractivity contribution in [3.8, 4) is 11.1 Å². The lowest BCUT2D eigenvalue weighted by Gasteiger charge is -2.25. The smallest absolute Gasteiger partial charge is 0.334 e. The van der Waals surface area contributed by atoms with Gasteiger partial charge in [-0.2, -0.15) is 5.10 Å². The van der Waals surface area contributed by atoms with Gasteiger partial charge in [0.15, 0.2) is 0 Å². The molecule has 108 valence electrons. The van der Waals surface area contributed by atoms with Gasteiger partial charge >= 0.3 is 5.97 Å². The van der Waals surface area contributed by atoms with Crippen molar-refractivity contribution in [2.75, 3.05) is 0 Å². The monoisotopic (exact) mass is 302 g/mol. The van der Waals surface area contributed by atoms with Gasteiger partial charge in [-0.3, -0.25) is 4.68 Å². The van der Waals surface area contributed by atoms with Crippen molar-refractivity contribution in [1.82, 2.24) is 9.78 Å². The van der Waals surface area contributed by atoms with Crippen molar-refractivity contribution in [2.45, 2.75) is 18.9 Å². The third-order valence-corrected chi connectivity index (χ3v) is 3.96. The van der Waals surface area contributed by atoms with E-state index >= 15 is 0 Å². The highest BCUT2D eigenvalue weighted by Gasteiger charge is 2.41. The Morgan fingerprint density at radius 1 is 1.48 bits per heavy atom. The molecule has 3 rings (SSSR count). The number of aryl methyl sites for hydroxylation is 1. The lowest BCUT2D eigenvalue weighted by atomic mass is 9.86. The number of benzene rings is 1. The molecule has 0 amide bonds. The molecule has 1 unspecified atom stereocenters. The zero-order chi connectivity index (χ0) is 15.2. The van der Waals surface area contributed by atoms with Crippen LogP contribution in [0.3, 0.4) is 0 Å². The Morgan fingerprint density at radius 2 is 2.24 bits per heavy atom. The van der Waals surface area contributed by atoms with Crippen LogP contribution < -0.4 is 0 Å². The lowest BCUT2D eigenvalue weighted by Crippen LogP contribution is -2.21. The van der Waals surface area contributed by atoms with Crippen molar-refractivity contribution in [3.05, 3.63) is 53.3 Å². The molecule has 2 aromatic rings. The first kappa shape index (κ1) is 13.9. The molecule has 0 radical (unpaired) electrons. The van der Waals surface area contributed by atoms with E-state index in [1.807, 2.05) is 32.3 Å². The maximum absolute atomic E-state index is 11.7. The van der Waals surface area contributed by atoms with Crippen molar-refractivity contribution in [1.29, 1.82) is 0 Å². The Hall–Kier alpha value is -2.07. The maximum Gasteiger partial charge on any atom is 0.334 e. The molecule has 21 heavy (non-hydrogen) atoms. The summed E-state index contributed by atoms with van der Waals surface area (Å²) in [5.41, 5.74) is 2.53. The number of cyclic esters (lactones) is 1. The normalized spacial score (nSPS) is 21.7. The molecule has 1 aliphatic heterocycles. The number of ether oxygens (including phenoxy) is 1. The molecule has 0 N–H and O–H groups in total. The Morgan fingerprint density at radius 3 is 2.81 bits per heavy atom. The van der Waals surface area contributed by atoms with Crippen LogP contribution in [0.2, 0.25) is 5.02 Å². The van der Waals surface area contributed by atoms with Crippen molar-refractivity contribution in [2.24, 2.45) is 7.05 Å². The van der Waals surface area contributed by atoms with E-state index in [4.69, 9.17) is 16.3 Å². The summed E-state index contributed by atoms with van der Waals surface area (Å²) >= 11 is 6.13. The minimum atomic E-state index is -0.718. The molecule has 0 bridgehead atoms. The summed E-state index contributed by atoms with van der Waals surface area (Å²) in [5.74, 6) is -0.343. The average molecular weight is 303 g/mol. The molecule has 1 aromatic heterocycles. The zero-order valence-corrected chi connectivity index (χ0v) is 12.6. The lowest BCUT2D eigenvalue weighted by molar-refractivity contribution is -0.145. The molecular weight excluding hydrogens is 288 g/mol. The molecule has 1 atom stereocenters. The summed E-state index contributed by atoms with van der Waals surface area (Å²) in [6, 6.07) is 5.57. The van der Waals surface area contributed by atoms with Gasteiger partial charge in [0.1, 0.15) is 5.60 Å². The van der Waals surface area contributed by atoms with Crippen LogP contribution in [0.25, 0.3) is 11.1 Å². The summed E-state index contributed by atoms with van der Waals surface area (Å²) in [7, 11) is 1.85. The molecule has 5 heteroatoms. The first-order valence-electron chi connectivity index (χ1n) is 6.59. The second-order valence-corrected chi connectivity index (χ2v) is 5.93. The van der Waals surface area contributed by atoms with Gasteiger partial charge in [-0.1, -0.05) is 24.2 Å². The first-order valence-corrected chi connectivity index (χ1v) is 6.97. The SMILES string of the molecule is C=C1CC(C)(c2ccc(Cl)cc2-c2cnn(C)c2)OC1=O. The van der Waals surface area contributed by atoms with Crippen LogP contribution in [0.4, 0.5) is 0 Å². The van der Waals surface area contributed by atoms with Crippen LogP contribution in [-0.2, 0) is 22.2 Å². The molecule has 1 aliphatic rings. The van der Waals surface area contributed by atoms with Crippen LogP contribution in [0.1, 0.15) is 18.9 Å². The summed E-state index contributed by atoms with van der Waals surface area (Å²) in [5, 5.41) is 4.82. The minimum Gasteiger partial charge on any atom is -0.451 e. The summed E-state index contributed by atoms with van der Waals surface area (Å²) in [6.45, 7) is 5.66. The number of aromatic nitrogens is 2. The van der Waals surface area contributed by atoms with E-state index in [2.05, 4.69) is 11.7 Å². The molecule has 2 heterocycles. The number of hydrogen-bond donors (Lipinski definition) is 0. The fraction of sp³-hybridized carbons (Fsp3) is 0.250. The molecule has 4 nitrogen and oxygen atoms in total. The zero-order valence-electron chi connectivity index (χ0n) is 11.9. The predicted octanol–water partition coefficient (Wildman–Crippen LogP) is 3.46. The number of nitrogens with zero attached hydrogens (tertiary/aromatic N) is 2. The maximum atomic E-state index is 11.7. The summed E-state index contributed by atoms with van der Waals surface area (Å²) < 4.78 is 7.27. The Kier molecular flexibility index (Phi) is 3.14. The fourth-order valence-corrected chi connectivity index (χ4v) is 2.89. The van der Waals surface area contributed by atoms with Crippen LogP contribution in [0.15, 0.2) is 42.7 Å². The fourth-order valence-electron chi connectivity index (χ4n) is 2.72. The number of esters is 1. The number of hydrogen-bond acceptors (Lipinski definition) is 3. The molecule has 1 fully saturated rings. The summed E-state index contributed by atoms with van der Waals surface area (Å²) in [4.78, 5) is 11.7. The van der Waals surface area contributed by atoms with E-state index in [1.54, 1.807) is 16.9 Å². The van der Waals surface area contributed by atoms with E-state index < -0.39 is 5.60 Å². The molecule has 0 saturated carbocycles. The van der Waals surface area contributed by atoms with Crippen LogP contribution >= 0.6 is 11.6 Å². The van der Waals surface area contributed by atoms with E-state index in [-0.39, 0.29) is 5.97 Å². The van der Waals surface area contributed by atoms with Crippen molar-refractivity contribution in [3.63, 3.8) is 0 Å². The van der Waals surface area contributed by atoms with Gasteiger partial charge in [-0.15, -0.1) is 0 Å². The second kappa shape index (κ2) is 4.74. The molecule has 1 saturated heterocycles. The largest absolute Gasteiger partial charge is 0.451 e. The minimum absolute atomic E-state index is 0.343. The van der Waals surface area contributed by atoms with Gasteiger partial charge in [0, 0.05) is 41.4 Å². The first-order chi connectivity index (χ1) is 9.89. The Labute approximate surface area is 128 Å². The average Bonchev–Trinajstić information content (AvgIpc) is 2.94. The highest BCUT2D eigenvalue weighted by molar-refractivity contribution is 6.30. The van der Waals surface area contributed by atoms with E-state index in [0.717, 1.165) is 16.7 Å². The molecular formula is C16H15ClN2O2. The predicted molar refractivity (Wildman–Crippen MR) is 80.9 cm³/mol. The van der Waals surface area contributed by atoms with Gasteiger partial charge < -0.3 is 4.74 Å². The van der Waals surface area contributed by atoms with Gasteiger partial charge in [-0.25, -0.2) is 4.79 Å². The van der Waals surface area contributed by atoms with E-state index in [9.17, 15) is 4.79 Å². The van der Waals surface area contributed by atoms with Gasteiger partial charge in [-0.05, 0) is 24.6 Å². The van der Waals surface area contributed by atoms with Gasteiger partial charge in [0.2, 0.25) is 0 Å². The number of rotatable bonds is 2. The second-order valence-electron chi connectivity index (χ2n) is 5.49. The topological polar surface area (TPSA) is 44.1 Å². The number of halogens is 1. The van der Waals surface area contributed by atoms with Crippen LogP contribution in [0, 0.1) is 0 Å². The quantitative estimate of drug-likeness (QED) is 0.630. The highest BCUT2D eigenvalue weighted by atomic mass is 35.5. The molecule has 0 spiro atoms. The third kappa shape index (κ3) is 2.36. The van der Waals surface area contributed by atoms with Gasteiger partial charge in [0.05, 0.1) is 6.20 Å². The van der Waals surface area contributed by atoms with Crippen molar-refractivity contribution >= 4 is 17.6 Å². The van der Waals surface area contributed by atoms with Gasteiger partial charge in [0.25, 0.3) is 0 Å². The van der Waals surface area contributed by atoms with Crippen molar-refractivity contribution < 1.29 is 9.53 Å². The van der Waals surface area contributed by atoms with Crippen LogP contribution in [-0.4, -0.2) is 15.7 Å². The Balaban J connectivity index is 2.15. The third-order valence-electron chi connectivity index (χ3n) is 3.72. The number of carbonyl (C=O) groups excluding carboxylic acids is 1. The molecule has 0 aliphatic carbocycles. The van der Waals surface area contributed by atoms with E-state index in [1.165, 1.54) is 0 Å². The van der Waals surface area contributed by atoms with E-state index in [0.29, 0.717) is 17.0 Å². The number of carbonyl (C=O) groups is 1.